The molecular weight excluding hydrogens is 684 g/mol. The number of imidazole rings is 1. The first-order chi connectivity index (χ1) is 25.0. The molecule has 0 spiro atoms. The summed E-state index contributed by atoms with van der Waals surface area (Å²) in [6.07, 6.45) is 13.3. The van der Waals surface area contributed by atoms with Crippen LogP contribution in [0.25, 0.3) is 11.0 Å². The van der Waals surface area contributed by atoms with Crippen molar-refractivity contribution in [1.29, 1.82) is 0 Å². The molecule has 0 bridgehead atoms. The summed E-state index contributed by atoms with van der Waals surface area (Å²) < 4.78 is 23.7. The van der Waals surface area contributed by atoms with Crippen LogP contribution in [0.4, 0.5) is 5.82 Å². The molecule has 9 heteroatoms. The number of ether oxygens (including phenoxy) is 2. The van der Waals surface area contributed by atoms with Crippen LogP contribution in [0.15, 0.2) is 73.1 Å². The second kappa shape index (κ2) is 12.9. The first kappa shape index (κ1) is 35.0. The van der Waals surface area contributed by atoms with Crippen LogP contribution in [0.3, 0.4) is 0 Å². The van der Waals surface area contributed by atoms with Crippen LogP contribution in [0.1, 0.15) is 98.4 Å². The Balaban J connectivity index is 1.07. The van der Waals surface area contributed by atoms with Crippen LogP contribution >= 0.6 is 11.6 Å². The highest BCUT2D eigenvalue weighted by molar-refractivity contribution is 6.99. The van der Waals surface area contributed by atoms with E-state index in [-0.39, 0.29) is 28.7 Å². The van der Waals surface area contributed by atoms with Crippen LogP contribution < -0.4 is 15.7 Å². The molecule has 52 heavy (non-hydrogen) atoms. The summed E-state index contributed by atoms with van der Waals surface area (Å²) in [7, 11) is -2.75. The Morgan fingerprint density at radius 3 is 2.10 bits per heavy atom. The van der Waals surface area contributed by atoms with Gasteiger partial charge in [-0.15, -0.1) is 0 Å². The second-order valence-corrected chi connectivity index (χ2v) is 22.8. The molecule has 5 aliphatic rings. The quantitative estimate of drug-likeness (QED) is 0.130. The summed E-state index contributed by atoms with van der Waals surface area (Å²) in [6.45, 7) is 11.8. The fourth-order valence-electron chi connectivity index (χ4n) is 11.2. The average Bonchev–Trinajstić information content (AvgIpc) is 3.77. The van der Waals surface area contributed by atoms with E-state index in [1.807, 2.05) is 12.4 Å². The van der Waals surface area contributed by atoms with Crippen molar-refractivity contribution in [3.05, 3.63) is 78.2 Å². The highest BCUT2D eigenvalue weighted by Gasteiger charge is 2.76. The van der Waals surface area contributed by atoms with Crippen LogP contribution in [-0.2, 0) is 13.9 Å². The fourth-order valence-corrected chi connectivity index (χ4v) is 16.0. The molecule has 0 unspecified atom stereocenters. The van der Waals surface area contributed by atoms with Gasteiger partial charge in [0.2, 0.25) is 0 Å². The van der Waals surface area contributed by atoms with Gasteiger partial charge < -0.3 is 23.8 Å². The van der Waals surface area contributed by atoms with E-state index in [9.17, 15) is 0 Å². The minimum Gasteiger partial charge on any atom is -0.407 e. The van der Waals surface area contributed by atoms with Gasteiger partial charge in [-0.1, -0.05) is 119 Å². The zero-order valence-corrected chi connectivity index (χ0v) is 33.2. The molecule has 5 fully saturated rings. The Kier molecular flexibility index (Phi) is 8.70. The third-order valence-corrected chi connectivity index (χ3v) is 18.7. The minimum absolute atomic E-state index is 0.0475. The normalized spacial score (nSPS) is 28.9. The predicted molar refractivity (Wildman–Crippen MR) is 211 cm³/mol. The number of hydrogen-bond donors (Lipinski definition) is 1. The Labute approximate surface area is 315 Å². The van der Waals surface area contributed by atoms with E-state index in [1.165, 1.54) is 61.7 Å². The van der Waals surface area contributed by atoms with Gasteiger partial charge in [0.15, 0.2) is 11.6 Å². The number of anilines is 1. The van der Waals surface area contributed by atoms with Crippen molar-refractivity contribution >= 4 is 47.1 Å². The van der Waals surface area contributed by atoms with E-state index in [1.54, 1.807) is 0 Å². The van der Waals surface area contributed by atoms with Gasteiger partial charge in [0.25, 0.3) is 8.32 Å². The van der Waals surface area contributed by atoms with E-state index in [0.717, 1.165) is 23.3 Å². The highest BCUT2D eigenvalue weighted by Crippen LogP contribution is 2.72. The standard InChI is InChI=1S/C43H55ClN4O3Si/c1-41(2,3)52(30-20-8-6-9-21-30,31-22-10-7-11-23-31)49-26-43-25-32(43)37(38-39(43)51-42(4,5)50-38)48-27-45-36-33(48)24-34(44)46-40(36)47-35(28-16-12-13-17-28)29-18-14-15-19-29/h6-11,20-24,27-29,32,35,37-39H,12-19,25-26H2,1-5H3,(H,46,47)/t32-,37-,38+,39+,43+/m1/s1. The SMILES string of the molecule is CC1(C)O[C@H]2[C@H](n3cnc4c(NC(C5CCCC5)C5CCCC5)nc(Cl)cc43)[C@H]3C[C@@]3(CO[Si](c3ccccc3)(c3ccccc3)C(C)(C)C)[C@H]2O1. The van der Waals surface area contributed by atoms with Crippen LogP contribution in [0.2, 0.25) is 10.2 Å². The van der Waals surface area contributed by atoms with E-state index < -0.39 is 14.1 Å². The summed E-state index contributed by atoms with van der Waals surface area (Å²) in [5.41, 5.74) is 1.76. The van der Waals surface area contributed by atoms with Crippen molar-refractivity contribution in [2.24, 2.45) is 23.2 Å². The lowest BCUT2D eigenvalue weighted by atomic mass is 9.86. The fraction of sp³-hybridized carbons (Fsp3) is 0.581. The van der Waals surface area contributed by atoms with Gasteiger partial charge >= 0.3 is 0 Å². The number of nitrogens with one attached hydrogen (secondary N) is 1. The van der Waals surface area contributed by atoms with Gasteiger partial charge in [0.05, 0.1) is 24.0 Å². The molecule has 0 radical (unpaired) electrons. The first-order valence-electron chi connectivity index (χ1n) is 19.9. The maximum Gasteiger partial charge on any atom is 0.261 e. The number of hydrogen-bond acceptors (Lipinski definition) is 6. The Morgan fingerprint density at radius 2 is 1.52 bits per heavy atom. The number of pyridine rings is 1. The average molecular weight is 739 g/mol. The maximum atomic E-state index is 7.64. The van der Waals surface area contributed by atoms with Gasteiger partial charge in [-0.05, 0) is 79.1 Å². The molecule has 9 rings (SSSR count). The Bertz CT molecular complexity index is 1850. The molecule has 1 N–H and O–H groups in total. The largest absolute Gasteiger partial charge is 0.407 e. The van der Waals surface area contributed by atoms with Gasteiger partial charge in [0, 0.05) is 24.1 Å². The molecule has 5 atom stereocenters. The predicted octanol–water partition coefficient (Wildman–Crippen LogP) is 8.90. The lowest BCUT2D eigenvalue weighted by Gasteiger charge is -2.44. The molecule has 4 saturated carbocycles. The molecule has 4 aromatic rings. The third-order valence-electron chi connectivity index (χ3n) is 13.6. The summed E-state index contributed by atoms with van der Waals surface area (Å²) in [5.74, 6) is 1.84. The topological polar surface area (TPSA) is 70.4 Å². The van der Waals surface area contributed by atoms with E-state index >= 15 is 0 Å². The summed E-state index contributed by atoms with van der Waals surface area (Å²) >= 11 is 6.89. The number of nitrogens with zero attached hydrogens (tertiary/aromatic N) is 3. The van der Waals surface area contributed by atoms with Gasteiger partial charge in [-0.25, -0.2) is 9.97 Å². The van der Waals surface area contributed by atoms with Crippen molar-refractivity contribution in [3.8, 4) is 0 Å². The second-order valence-electron chi connectivity index (χ2n) is 18.1. The molecule has 4 aliphatic carbocycles. The van der Waals surface area contributed by atoms with E-state index in [4.69, 9.17) is 35.5 Å². The molecule has 1 aliphatic heterocycles. The van der Waals surface area contributed by atoms with Crippen LogP contribution in [-0.4, -0.2) is 53.5 Å². The lowest BCUT2D eigenvalue weighted by Crippen LogP contribution is -2.67. The van der Waals surface area contributed by atoms with Crippen molar-refractivity contribution in [2.45, 2.75) is 128 Å². The number of benzene rings is 2. The molecular formula is C43H55ClN4O3Si. The van der Waals surface area contributed by atoms with Crippen molar-refractivity contribution in [3.63, 3.8) is 0 Å². The summed E-state index contributed by atoms with van der Waals surface area (Å²) in [5, 5.41) is 6.97. The molecule has 276 valence electrons. The molecule has 0 amide bonds. The summed E-state index contributed by atoms with van der Waals surface area (Å²) in [6, 6.07) is 24.4. The molecule has 7 nitrogen and oxygen atoms in total. The van der Waals surface area contributed by atoms with E-state index in [2.05, 4.69) is 105 Å². The maximum absolute atomic E-state index is 7.64. The van der Waals surface area contributed by atoms with Crippen molar-refractivity contribution < 1.29 is 13.9 Å². The van der Waals surface area contributed by atoms with Crippen molar-refractivity contribution in [2.75, 3.05) is 11.9 Å². The van der Waals surface area contributed by atoms with Gasteiger partial charge in [-0.3, -0.25) is 0 Å². The molecule has 2 aromatic carbocycles. The summed E-state index contributed by atoms with van der Waals surface area (Å²) in [4.78, 5) is 9.99. The number of rotatable bonds is 10. The lowest BCUT2D eigenvalue weighted by molar-refractivity contribution is -0.162. The van der Waals surface area contributed by atoms with Crippen LogP contribution in [0.5, 0.6) is 0 Å². The highest BCUT2D eigenvalue weighted by atomic mass is 35.5. The van der Waals surface area contributed by atoms with Gasteiger partial charge in [0.1, 0.15) is 16.8 Å². The monoisotopic (exact) mass is 738 g/mol. The van der Waals surface area contributed by atoms with E-state index in [0.29, 0.717) is 35.6 Å². The zero-order chi connectivity index (χ0) is 35.9. The zero-order valence-electron chi connectivity index (χ0n) is 31.5. The van der Waals surface area contributed by atoms with Gasteiger partial charge in [-0.2, -0.15) is 0 Å². The third kappa shape index (κ3) is 5.69. The number of aromatic nitrogens is 3. The van der Waals surface area contributed by atoms with Crippen molar-refractivity contribution in [1.82, 2.24) is 14.5 Å². The number of halogens is 1. The Morgan fingerprint density at radius 1 is 0.923 bits per heavy atom. The smallest absolute Gasteiger partial charge is 0.261 e. The van der Waals surface area contributed by atoms with Crippen LogP contribution in [0, 0.1) is 23.2 Å². The molecule has 3 heterocycles. The number of fused-ring (bicyclic) bond motifs is 4. The minimum atomic E-state index is -2.75. The molecule has 1 saturated heterocycles. The Hall–Kier alpha value is -2.75. The molecule has 2 aromatic heterocycles. The first-order valence-corrected chi connectivity index (χ1v) is 22.2.